The van der Waals surface area contributed by atoms with E-state index in [9.17, 15) is 0 Å². The third kappa shape index (κ3) is 3.04. The Hall–Kier alpha value is -0.0551. The summed E-state index contributed by atoms with van der Waals surface area (Å²) in [6, 6.07) is 0. The van der Waals surface area contributed by atoms with E-state index in [1.807, 2.05) is 0 Å². The molecule has 98 valence electrons. The quantitative estimate of drug-likeness (QED) is 0.767. The van der Waals surface area contributed by atoms with Crippen LogP contribution in [-0.2, 0) is 9.31 Å². The monoisotopic (exact) mass is 239 g/mol. The van der Waals surface area contributed by atoms with Crippen molar-refractivity contribution in [1.29, 1.82) is 0 Å². The second-order valence-corrected chi connectivity index (χ2v) is 6.46. The maximum Gasteiger partial charge on any atom is 0.457 e. The fourth-order valence-electron chi connectivity index (χ4n) is 2.63. The summed E-state index contributed by atoms with van der Waals surface area (Å²) in [4.78, 5) is 0. The van der Waals surface area contributed by atoms with Gasteiger partial charge in [-0.3, -0.25) is 0 Å². The van der Waals surface area contributed by atoms with Crippen molar-refractivity contribution < 1.29 is 9.31 Å². The number of rotatable bonds is 3. The van der Waals surface area contributed by atoms with Gasteiger partial charge in [0.1, 0.15) is 0 Å². The van der Waals surface area contributed by atoms with Crippen molar-refractivity contribution in [3.05, 3.63) is 0 Å². The van der Waals surface area contributed by atoms with E-state index < -0.39 is 0 Å². The summed E-state index contributed by atoms with van der Waals surface area (Å²) in [5.41, 5.74) is -0.350. The molecule has 0 aromatic rings. The van der Waals surface area contributed by atoms with Crippen LogP contribution in [0.2, 0.25) is 6.32 Å². The molecule has 17 heavy (non-hydrogen) atoms. The summed E-state index contributed by atoms with van der Waals surface area (Å²) in [6.45, 7) is 10.8. The van der Waals surface area contributed by atoms with Gasteiger partial charge in [-0.15, -0.1) is 0 Å². The van der Waals surface area contributed by atoms with Crippen molar-refractivity contribution in [2.24, 2.45) is 5.92 Å². The summed E-state index contributed by atoms with van der Waals surface area (Å²) < 4.78 is 12.0. The Morgan fingerprint density at radius 2 is 1.59 bits per heavy atom. The van der Waals surface area contributed by atoms with Crippen molar-refractivity contribution in [1.82, 2.24) is 5.32 Å². The van der Waals surface area contributed by atoms with E-state index >= 15 is 0 Å². The number of hydrogen-bond acceptors (Lipinski definition) is 3. The molecule has 3 nitrogen and oxygen atoms in total. The molecule has 0 amide bonds. The minimum atomic E-state index is -0.175. The van der Waals surface area contributed by atoms with E-state index in [0.717, 1.165) is 12.2 Å². The van der Waals surface area contributed by atoms with Crippen molar-refractivity contribution in [3.63, 3.8) is 0 Å². The van der Waals surface area contributed by atoms with Crippen molar-refractivity contribution >= 4 is 7.12 Å². The minimum Gasteiger partial charge on any atom is -0.403 e. The SMILES string of the molecule is CC1(C)OB(CCC2CCNCC2)OC1(C)C. The van der Waals surface area contributed by atoms with Crippen LogP contribution in [-0.4, -0.2) is 31.4 Å². The Morgan fingerprint density at radius 3 is 2.12 bits per heavy atom. The van der Waals surface area contributed by atoms with E-state index in [4.69, 9.17) is 9.31 Å². The average Bonchev–Trinajstić information content (AvgIpc) is 2.46. The molecule has 0 atom stereocenters. The molecule has 2 rings (SSSR count). The van der Waals surface area contributed by atoms with Gasteiger partial charge in [-0.1, -0.05) is 6.42 Å². The van der Waals surface area contributed by atoms with E-state index in [0.29, 0.717) is 0 Å². The van der Waals surface area contributed by atoms with Crippen LogP contribution in [0, 0.1) is 5.92 Å². The first-order chi connectivity index (χ1) is 7.91. The van der Waals surface area contributed by atoms with Gasteiger partial charge in [0.25, 0.3) is 0 Å². The van der Waals surface area contributed by atoms with Crippen LogP contribution in [0.1, 0.15) is 47.0 Å². The first-order valence-electron chi connectivity index (χ1n) is 6.97. The van der Waals surface area contributed by atoms with Crippen LogP contribution >= 0.6 is 0 Å². The smallest absolute Gasteiger partial charge is 0.403 e. The van der Waals surface area contributed by atoms with Gasteiger partial charge in [-0.05, 0) is 65.9 Å². The molecule has 0 aromatic heterocycles. The molecule has 0 aromatic carbocycles. The molecule has 0 spiro atoms. The van der Waals surface area contributed by atoms with Gasteiger partial charge in [0.05, 0.1) is 11.2 Å². The second-order valence-electron chi connectivity index (χ2n) is 6.46. The number of hydrogen-bond donors (Lipinski definition) is 1. The van der Waals surface area contributed by atoms with Crippen LogP contribution in [0.15, 0.2) is 0 Å². The molecule has 2 heterocycles. The van der Waals surface area contributed by atoms with Gasteiger partial charge in [0, 0.05) is 0 Å². The Labute approximate surface area is 106 Å². The molecule has 0 saturated carbocycles. The summed E-state index contributed by atoms with van der Waals surface area (Å²) in [7, 11) is -0.00474. The highest BCUT2D eigenvalue weighted by molar-refractivity contribution is 6.45. The van der Waals surface area contributed by atoms with Gasteiger partial charge in [0.15, 0.2) is 0 Å². The highest BCUT2D eigenvalue weighted by Gasteiger charge is 2.50. The first-order valence-corrected chi connectivity index (χ1v) is 6.97. The molecule has 2 saturated heterocycles. The maximum absolute atomic E-state index is 6.02. The number of piperidine rings is 1. The highest BCUT2D eigenvalue weighted by atomic mass is 16.7. The van der Waals surface area contributed by atoms with E-state index in [1.165, 1.54) is 32.4 Å². The second kappa shape index (κ2) is 4.91. The normalized spacial score (nSPS) is 28.6. The summed E-state index contributed by atoms with van der Waals surface area (Å²) in [5.74, 6) is 0.857. The largest absolute Gasteiger partial charge is 0.457 e. The lowest BCUT2D eigenvalue weighted by atomic mass is 9.78. The molecule has 1 N–H and O–H groups in total. The summed E-state index contributed by atoms with van der Waals surface area (Å²) in [5, 5.41) is 3.41. The molecule has 0 aliphatic carbocycles. The molecule has 4 heteroatoms. The lowest BCUT2D eigenvalue weighted by Gasteiger charge is -2.32. The van der Waals surface area contributed by atoms with Gasteiger partial charge < -0.3 is 14.6 Å². The van der Waals surface area contributed by atoms with Crippen LogP contribution in [0.25, 0.3) is 0 Å². The molecule has 2 aliphatic heterocycles. The zero-order chi connectivity index (χ0) is 12.5. The fourth-order valence-corrected chi connectivity index (χ4v) is 2.63. The van der Waals surface area contributed by atoms with Crippen LogP contribution < -0.4 is 5.32 Å². The Bertz CT molecular complexity index is 246. The average molecular weight is 239 g/mol. The summed E-state index contributed by atoms with van der Waals surface area (Å²) in [6.07, 6.45) is 4.88. The Kier molecular flexibility index (Phi) is 3.86. The molecule has 0 radical (unpaired) electrons. The van der Waals surface area contributed by atoms with Gasteiger partial charge in [0.2, 0.25) is 0 Å². The maximum atomic E-state index is 6.02. The molecule has 2 aliphatic rings. The van der Waals surface area contributed by atoms with Gasteiger partial charge in [-0.2, -0.15) is 0 Å². The van der Waals surface area contributed by atoms with E-state index in [-0.39, 0.29) is 18.3 Å². The Morgan fingerprint density at radius 1 is 1.06 bits per heavy atom. The van der Waals surface area contributed by atoms with Crippen molar-refractivity contribution in [3.8, 4) is 0 Å². The van der Waals surface area contributed by atoms with Crippen LogP contribution in [0.4, 0.5) is 0 Å². The Balaban J connectivity index is 1.77. The molecule has 0 bridgehead atoms. The lowest BCUT2D eigenvalue weighted by Crippen LogP contribution is -2.41. The van der Waals surface area contributed by atoms with Crippen LogP contribution in [0.5, 0.6) is 0 Å². The third-order valence-electron chi connectivity index (χ3n) is 4.57. The standard InChI is InChI=1S/C13H26BNO2/c1-12(2)13(3,4)17-14(16-12)8-5-11-6-9-15-10-7-11/h11,15H,5-10H2,1-4H3. The predicted octanol–water partition coefficient (Wildman–Crippen LogP) is 2.47. The van der Waals surface area contributed by atoms with E-state index in [1.54, 1.807) is 0 Å². The first kappa shape index (κ1) is 13.4. The zero-order valence-corrected chi connectivity index (χ0v) is 11.7. The summed E-state index contributed by atoms with van der Waals surface area (Å²) >= 11 is 0. The molecular formula is C13H26BNO2. The van der Waals surface area contributed by atoms with E-state index in [2.05, 4.69) is 33.0 Å². The van der Waals surface area contributed by atoms with Crippen molar-refractivity contribution in [2.45, 2.75) is 64.5 Å². The molecule has 0 unspecified atom stereocenters. The molecular weight excluding hydrogens is 213 g/mol. The van der Waals surface area contributed by atoms with Crippen LogP contribution in [0.3, 0.4) is 0 Å². The highest BCUT2D eigenvalue weighted by Crippen LogP contribution is 2.38. The predicted molar refractivity (Wildman–Crippen MR) is 71.1 cm³/mol. The lowest BCUT2D eigenvalue weighted by molar-refractivity contribution is 0.00578. The minimum absolute atomic E-state index is 0.00474. The number of nitrogens with one attached hydrogen (secondary N) is 1. The third-order valence-corrected chi connectivity index (χ3v) is 4.57. The van der Waals surface area contributed by atoms with Gasteiger partial charge >= 0.3 is 7.12 Å². The topological polar surface area (TPSA) is 30.5 Å². The fraction of sp³-hybridized carbons (Fsp3) is 1.00. The molecule has 2 fully saturated rings. The van der Waals surface area contributed by atoms with Crippen molar-refractivity contribution in [2.75, 3.05) is 13.1 Å². The van der Waals surface area contributed by atoms with Gasteiger partial charge in [-0.25, -0.2) is 0 Å². The zero-order valence-electron chi connectivity index (χ0n) is 11.7.